The summed E-state index contributed by atoms with van der Waals surface area (Å²) < 4.78 is 0. The van der Waals surface area contributed by atoms with Gasteiger partial charge in [0.2, 0.25) is 0 Å². The van der Waals surface area contributed by atoms with E-state index < -0.39 is 0 Å². The Balaban J connectivity index is 3.06. The Labute approximate surface area is 66.2 Å². The topological polar surface area (TPSA) is 45.5 Å². The number of pyridine rings is 1. The Morgan fingerprint density at radius 1 is 1.73 bits per heavy atom. The van der Waals surface area contributed by atoms with Crippen molar-refractivity contribution in [3.63, 3.8) is 0 Å². The van der Waals surface area contributed by atoms with Crippen molar-refractivity contribution >= 4 is 19.0 Å². The maximum atomic E-state index is 8.39. The number of hydrogen-bond acceptors (Lipinski definition) is 3. The molecule has 1 aromatic rings. The maximum Gasteiger partial charge on any atom is 0.113 e. The predicted octanol–water partition coefficient (Wildman–Crippen LogP) is 0.0736. The Morgan fingerprint density at radius 2 is 2.45 bits per heavy atom. The van der Waals surface area contributed by atoms with Gasteiger partial charge in [0.05, 0.1) is 5.69 Å². The molecule has 2 radical (unpaired) electrons. The second-order valence-electron chi connectivity index (χ2n) is 2.16. The van der Waals surface area contributed by atoms with E-state index in [9.17, 15) is 0 Å². The summed E-state index contributed by atoms with van der Waals surface area (Å²) in [6, 6.07) is 3.32. The van der Waals surface area contributed by atoms with E-state index in [2.05, 4.69) is 10.1 Å². The van der Waals surface area contributed by atoms with Gasteiger partial charge in [-0.1, -0.05) is 16.7 Å². The number of rotatable bonds is 1. The summed E-state index contributed by atoms with van der Waals surface area (Å²) in [7, 11) is 5.47. The fourth-order valence-electron chi connectivity index (χ4n) is 0.696. The van der Waals surface area contributed by atoms with Gasteiger partial charge < -0.3 is 5.21 Å². The lowest BCUT2D eigenvalue weighted by Gasteiger charge is -1.97. The molecule has 54 valence electrons. The molecule has 3 nitrogen and oxygen atoms in total. The van der Waals surface area contributed by atoms with E-state index in [1.165, 1.54) is 0 Å². The van der Waals surface area contributed by atoms with E-state index in [0.717, 1.165) is 0 Å². The van der Waals surface area contributed by atoms with Crippen LogP contribution in [0.4, 0.5) is 0 Å². The van der Waals surface area contributed by atoms with Crippen LogP contribution >= 0.6 is 0 Å². The van der Waals surface area contributed by atoms with E-state index >= 15 is 0 Å². The van der Waals surface area contributed by atoms with Crippen LogP contribution in [0.5, 0.6) is 0 Å². The van der Waals surface area contributed by atoms with Gasteiger partial charge in [-0.15, -0.1) is 0 Å². The second-order valence-corrected chi connectivity index (χ2v) is 2.16. The van der Waals surface area contributed by atoms with Crippen LogP contribution in [0.25, 0.3) is 0 Å². The number of nitrogens with zero attached hydrogens (tertiary/aromatic N) is 2. The first-order chi connectivity index (χ1) is 5.24. The van der Waals surface area contributed by atoms with Crippen molar-refractivity contribution in [1.29, 1.82) is 0 Å². The molecule has 1 aromatic heterocycles. The first kappa shape index (κ1) is 7.79. The van der Waals surface area contributed by atoms with Gasteiger partial charge in [0.25, 0.3) is 0 Å². The van der Waals surface area contributed by atoms with E-state index in [1.807, 2.05) is 0 Å². The van der Waals surface area contributed by atoms with Gasteiger partial charge in [0.15, 0.2) is 0 Å². The Bertz CT molecular complexity index is 286. The highest BCUT2D eigenvalue weighted by molar-refractivity contribution is 6.32. The quantitative estimate of drug-likeness (QED) is 0.264. The zero-order valence-electron chi connectivity index (χ0n) is 6.15. The van der Waals surface area contributed by atoms with Crippen molar-refractivity contribution in [3.8, 4) is 0 Å². The average molecular weight is 146 g/mol. The van der Waals surface area contributed by atoms with Gasteiger partial charge in [0, 0.05) is 6.20 Å². The van der Waals surface area contributed by atoms with Crippen LogP contribution < -0.4 is 5.46 Å². The van der Waals surface area contributed by atoms with Gasteiger partial charge in [-0.25, -0.2) is 0 Å². The zero-order chi connectivity index (χ0) is 8.27. The molecule has 0 amide bonds. The minimum Gasteiger partial charge on any atom is -0.411 e. The summed E-state index contributed by atoms with van der Waals surface area (Å²) in [6.45, 7) is 1.65. The number of hydrogen-bond donors (Lipinski definition) is 1. The summed E-state index contributed by atoms with van der Waals surface area (Å²) in [6.07, 6.45) is 1.57. The molecule has 0 aliphatic heterocycles. The zero-order valence-corrected chi connectivity index (χ0v) is 6.15. The third-order valence-corrected chi connectivity index (χ3v) is 1.30. The minimum absolute atomic E-state index is 0.456. The molecule has 11 heavy (non-hydrogen) atoms. The molecule has 0 fully saturated rings. The standard InChI is InChI=1S/C7H7BN2O/c1-5(10-11)7-4-6(8)2-3-9-7/h2-4,11H,1H3/b10-5+. The largest absolute Gasteiger partial charge is 0.411 e. The molecule has 1 N–H and O–H groups in total. The predicted molar refractivity (Wildman–Crippen MR) is 43.6 cm³/mol. The first-order valence-corrected chi connectivity index (χ1v) is 3.14. The molecular formula is C7H7BN2O. The Kier molecular flexibility index (Phi) is 2.26. The van der Waals surface area contributed by atoms with Crippen molar-refractivity contribution in [1.82, 2.24) is 4.98 Å². The lowest BCUT2D eigenvalue weighted by molar-refractivity contribution is 0.319. The van der Waals surface area contributed by atoms with Gasteiger partial charge in [-0.2, -0.15) is 0 Å². The highest BCUT2D eigenvalue weighted by atomic mass is 16.4. The van der Waals surface area contributed by atoms with Gasteiger partial charge in [-0.05, 0) is 13.0 Å². The van der Waals surface area contributed by atoms with Crippen molar-refractivity contribution in [2.45, 2.75) is 6.92 Å². The minimum atomic E-state index is 0.456. The van der Waals surface area contributed by atoms with Crippen molar-refractivity contribution in [2.24, 2.45) is 5.16 Å². The SMILES string of the molecule is [B]c1ccnc(/C(C)=N/O)c1. The molecule has 1 heterocycles. The van der Waals surface area contributed by atoms with Gasteiger partial charge in [-0.3, -0.25) is 4.98 Å². The van der Waals surface area contributed by atoms with Crippen LogP contribution in [0.1, 0.15) is 12.6 Å². The molecule has 0 aliphatic rings. The highest BCUT2D eigenvalue weighted by Crippen LogP contribution is 1.92. The second kappa shape index (κ2) is 3.19. The summed E-state index contributed by atoms with van der Waals surface area (Å²) in [5, 5.41) is 11.4. The fraction of sp³-hybridized carbons (Fsp3) is 0.143. The average Bonchev–Trinajstić information content (AvgIpc) is 2.03. The van der Waals surface area contributed by atoms with Crippen LogP contribution in [-0.2, 0) is 0 Å². The van der Waals surface area contributed by atoms with Crippen LogP contribution in [0.15, 0.2) is 23.5 Å². The Morgan fingerprint density at radius 3 is 3.00 bits per heavy atom. The van der Waals surface area contributed by atoms with Crippen LogP contribution in [0, 0.1) is 0 Å². The normalized spacial score (nSPS) is 11.5. The monoisotopic (exact) mass is 146 g/mol. The van der Waals surface area contributed by atoms with Crippen LogP contribution in [0.2, 0.25) is 0 Å². The van der Waals surface area contributed by atoms with Crippen LogP contribution in [0.3, 0.4) is 0 Å². The van der Waals surface area contributed by atoms with Crippen molar-refractivity contribution in [2.75, 3.05) is 0 Å². The number of oxime groups is 1. The molecule has 0 aliphatic carbocycles. The lowest BCUT2D eigenvalue weighted by atomic mass is 9.96. The van der Waals surface area contributed by atoms with Gasteiger partial charge in [0.1, 0.15) is 13.6 Å². The molecular weight excluding hydrogens is 139 g/mol. The van der Waals surface area contributed by atoms with E-state index in [0.29, 0.717) is 16.9 Å². The summed E-state index contributed by atoms with van der Waals surface area (Å²) in [5.74, 6) is 0. The molecule has 0 spiro atoms. The van der Waals surface area contributed by atoms with E-state index in [-0.39, 0.29) is 0 Å². The third-order valence-electron chi connectivity index (χ3n) is 1.30. The molecule has 4 heteroatoms. The summed E-state index contributed by atoms with van der Waals surface area (Å²) in [4.78, 5) is 3.94. The van der Waals surface area contributed by atoms with E-state index in [4.69, 9.17) is 13.1 Å². The van der Waals surface area contributed by atoms with Gasteiger partial charge >= 0.3 is 0 Å². The molecule has 0 atom stereocenters. The van der Waals surface area contributed by atoms with Crippen molar-refractivity contribution < 1.29 is 5.21 Å². The highest BCUT2D eigenvalue weighted by Gasteiger charge is 1.97. The maximum absolute atomic E-state index is 8.39. The third kappa shape index (κ3) is 1.80. The molecule has 0 unspecified atom stereocenters. The fourth-order valence-corrected chi connectivity index (χ4v) is 0.696. The molecule has 0 saturated carbocycles. The molecule has 0 aromatic carbocycles. The first-order valence-electron chi connectivity index (χ1n) is 3.14. The molecule has 0 bridgehead atoms. The lowest BCUT2D eigenvalue weighted by Crippen LogP contribution is -2.07. The summed E-state index contributed by atoms with van der Waals surface area (Å²) in [5.41, 5.74) is 1.66. The van der Waals surface area contributed by atoms with E-state index in [1.54, 1.807) is 25.3 Å². The smallest absolute Gasteiger partial charge is 0.113 e. The molecule has 1 rings (SSSR count). The summed E-state index contributed by atoms with van der Waals surface area (Å²) >= 11 is 0. The number of aromatic nitrogens is 1. The Hall–Kier alpha value is -1.32. The van der Waals surface area contributed by atoms with Crippen LogP contribution in [-0.4, -0.2) is 23.7 Å². The molecule has 0 saturated heterocycles. The van der Waals surface area contributed by atoms with Crippen molar-refractivity contribution in [3.05, 3.63) is 24.0 Å².